The molecule has 0 unspecified atom stereocenters. The summed E-state index contributed by atoms with van der Waals surface area (Å²) in [6.45, 7) is 1.86. The summed E-state index contributed by atoms with van der Waals surface area (Å²) < 4.78 is 10.4. The summed E-state index contributed by atoms with van der Waals surface area (Å²) >= 11 is 0. The molecule has 2 rings (SSSR count). The zero-order valence-corrected chi connectivity index (χ0v) is 15.8. The maximum absolute atomic E-state index is 12.4. The third-order valence-corrected chi connectivity index (χ3v) is 3.86. The third kappa shape index (κ3) is 5.93. The first kappa shape index (κ1) is 19.5. The fourth-order valence-electron chi connectivity index (χ4n) is 2.35. The Morgan fingerprint density at radius 1 is 1.04 bits per heavy atom. The lowest BCUT2D eigenvalue weighted by molar-refractivity contribution is 0.104. The topological polar surface area (TPSA) is 50.8 Å². The molecule has 26 heavy (non-hydrogen) atoms. The van der Waals surface area contributed by atoms with Gasteiger partial charge in [-0.2, -0.15) is 0 Å². The second-order valence-corrected chi connectivity index (χ2v) is 6.15. The number of rotatable bonds is 9. The molecule has 2 aromatic carbocycles. The largest absolute Gasteiger partial charge is 0.497 e. The summed E-state index contributed by atoms with van der Waals surface area (Å²) in [5.41, 5.74) is 2.55. The van der Waals surface area contributed by atoms with E-state index in [2.05, 4.69) is 10.2 Å². The van der Waals surface area contributed by atoms with Crippen LogP contribution in [0, 0.1) is 0 Å². The molecule has 0 fully saturated rings. The molecule has 0 bridgehead atoms. The molecule has 2 aromatic rings. The molecule has 0 amide bonds. The monoisotopic (exact) mass is 354 g/mol. The first-order valence-electron chi connectivity index (χ1n) is 8.46. The highest BCUT2D eigenvalue weighted by atomic mass is 16.5. The molecule has 0 spiro atoms. The van der Waals surface area contributed by atoms with Gasteiger partial charge in [-0.3, -0.25) is 4.79 Å². The minimum atomic E-state index is -0.101. The predicted octanol–water partition coefficient (Wildman–Crippen LogP) is 3.57. The number of hydrogen-bond acceptors (Lipinski definition) is 5. The number of benzene rings is 2. The molecular weight excluding hydrogens is 328 g/mol. The van der Waals surface area contributed by atoms with E-state index in [9.17, 15) is 4.79 Å². The van der Waals surface area contributed by atoms with Crippen molar-refractivity contribution in [2.24, 2.45) is 0 Å². The molecule has 1 N–H and O–H groups in total. The average Bonchev–Trinajstić information content (AvgIpc) is 2.66. The van der Waals surface area contributed by atoms with Crippen LogP contribution in [0.15, 0.2) is 48.5 Å². The summed E-state index contributed by atoms with van der Waals surface area (Å²) in [7, 11) is 7.22. The SMILES string of the molecule is COc1cc(OC)cc(C(=O)/C=C/c2ccc(NCCN(C)C)cc2)c1. The number of ether oxygens (including phenoxy) is 2. The Balaban J connectivity index is 2.01. The maximum Gasteiger partial charge on any atom is 0.186 e. The lowest BCUT2D eigenvalue weighted by atomic mass is 10.1. The smallest absolute Gasteiger partial charge is 0.186 e. The Kier molecular flexibility index (Phi) is 7.24. The van der Waals surface area contributed by atoms with Crippen molar-refractivity contribution < 1.29 is 14.3 Å². The van der Waals surface area contributed by atoms with Crippen LogP contribution >= 0.6 is 0 Å². The molecule has 0 saturated carbocycles. The van der Waals surface area contributed by atoms with Crippen molar-refractivity contribution in [2.45, 2.75) is 0 Å². The highest BCUT2D eigenvalue weighted by Gasteiger charge is 2.07. The van der Waals surface area contributed by atoms with E-state index in [1.807, 2.05) is 38.4 Å². The normalized spacial score (nSPS) is 11.0. The molecule has 0 saturated heterocycles. The number of nitrogens with one attached hydrogen (secondary N) is 1. The highest BCUT2D eigenvalue weighted by Crippen LogP contribution is 2.23. The fraction of sp³-hybridized carbons (Fsp3) is 0.286. The summed E-state index contributed by atoms with van der Waals surface area (Å²) in [4.78, 5) is 14.5. The van der Waals surface area contributed by atoms with Gasteiger partial charge in [0.25, 0.3) is 0 Å². The second kappa shape index (κ2) is 9.63. The summed E-state index contributed by atoms with van der Waals surface area (Å²) in [5, 5.41) is 3.36. The molecule has 0 aliphatic carbocycles. The number of likely N-dealkylation sites (N-methyl/N-ethyl adjacent to an activating group) is 1. The van der Waals surface area contributed by atoms with Gasteiger partial charge in [0.15, 0.2) is 5.78 Å². The van der Waals surface area contributed by atoms with Crippen LogP contribution in [-0.4, -0.2) is 52.1 Å². The Labute approximate surface area is 155 Å². The van der Waals surface area contributed by atoms with Gasteiger partial charge < -0.3 is 19.7 Å². The van der Waals surface area contributed by atoms with Crippen molar-refractivity contribution >= 4 is 17.5 Å². The van der Waals surface area contributed by atoms with E-state index in [0.717, 1.165) is 24.3 Å². The first-order chi connectivity index (χ1) is 12.5. The number of anilines is 1. The molecule has 0 heterocycles. The van der Waals surface area contributed by atoms with Crippen molar-refractivity contribution in [1.82, 2.24) is 4.90 Å². The Bertz CT molecular complexity index is 730. The van der Waals surface area contributed by atoms with E-state index >= 15 is 0 Å². The van der Waals surface area contributed by atoms with Crippen LogP contribution in [0.3, 0.4) is 0 Å². The lowest BCUT2D eigenvalue weighted by Crippen LogP contribution is -2.20. The van der Waals surface area contributed by atoms with Crippen LogP contribution in [0.5, 0.6) is 11.5 Å². The number of carbonyl (C=O) groups is 1. The molecular formula is C21H26N2O3. The zero-order chi connectivity index (χ0) is 18.9. The molecule has 138 valence electrons. The number of carbonyl (C=O) groups excluding carboxylic acids is 1. The van der Waals surface area contributed by atoms with Gasteiger partial charge in [0.2, 0.25) is 0 Å². The molecule has 5 heteroatoms. The molecule has 0 radical (unpaired) electrons. The molecule has 0 atom stereocenters. The van der Waals surface area contributed by atoms with Gasteiger partial charge in [-0.1, -0.05) is 18.2 Å². The zero-order valence-electron chi connectivity index (χ0n) is 15.8. The van der Waals surface area contributed by atoms with Crippen molar-refractivity contribution in [1.29, 1.82) is 0 Å². The van der Waals surface area contributed by atoms with Gasteiger partial charge in [-0.25, -0.2) is 0 Å². The quantitative estimate of drug-likeness (QED) is 0.551. The predicted molar refractivity (Wildman–Crippen MR) is 106 cm³/mol. The fourth-order valence-corrected chi connectivity index (χ4v) is 2.35. The van der Waals surface area contributed by atoms with Crippen LogP contribution in [0.1, 0.15) is 15.9 Å². The Hall–Kier alpha value is -2.79. The van der Waals surface area contributed by atoms with Gasteiger partial charge >= 0.3 is 0 Å². The van der Waals surface area contributed by atoms with Gasteiger partial charge in [0, 0.05) is 30.4 Å². The van der Waals surface area contributed by atoms with E-state index in [1.165, 1.54) is 0 Å². The lowest BCUT2D eigenvalue weighted by Gasteiger charge is -2.11. The van der Waals surface area contributed by atoms with E-state index in [1.54, 1.807) is 44.6 Å². The first-order valence-corrected chi connectivity index (χ1v) is 8.46. The minimum absolute atomic E-state index is 0.101. The highest BCUT2D eigenvalue weighted by molar-refractivity contribution is 6.07. The van der Waals surface area contributed by atoms with Gasteiger partial charge in [0.05, 0.1) is 14.2 Å². The molecule has 0 aliphatic heterocycles. The summed E-state index contributed by atoms with van der Waals surface area (Å²) in [6, 6.07) is 13.1. The number of ketones is 1. The van der Waals surface area contributed by atoms with Gasteiger partial charge in [-0.15, -0.1) is 0 Å². The van der Waals surface area contributed by atoms with Crippen molar-refractivity contribution in [2.75, 3.05) is 46.7 Å². The second-order valence-electron chi connectivity index (χ2n) is 6.15. The van der Waals surface area contributed by atoms with Crippen molar-refractivity contribution in [3.63, 3.8) is 0 Å². The Morgan fingerprint density at radius 3 is 2.19 bits per heavy atom. The summed E-state index contributed by atoms with van der Waals surface area (Å²) in [6.07, 6.45) is 3.36. The van der Waals surface area contributed by atoms with Crippen LogP contribution in [0.2, 0.25) is 0 Å². The Morgan fingerprint density at radius 2 is 1.65 bits per heavy atom. The van der Waals surface area contributed by atoms with E-state index in [0.29, 0.717) is 17.1 Å². The maximum atomic E-state index is 12.4. The van der Waals surface area contributed by atoms with E-state index in [-0.39, 0.29) is 5.78 Å². The van der Waals surface area contributed by atoms with Crippen LogP contribution < -0.4 is 14.8 Å². The number of methoxy groups -OCH3 is 2. The van der Waals surface area contributed by atoms with Gasteiger partial charge in [0.1, 0.15) is 11.5 Å². The number of nitrogens with zero attached hydrogens (tertiary/aromatic N) is 1. The van der Waals surface area contributed by atoms with Crippen molar-refractivity contribution in [3.8, 4) is 11.5 Å². The van der Waals surface area contributed by atoms with Crippen LogP contribution in [0.4, 0.5) is 5.69 Å². The molecule has 0 aromatic heterocycles. The van der Waals surface area contributed by atoms with Crippen LogP contribution in [0.25, 0.3) is 6.08 Å². The third-order valence-electron chi connectivity index (χ3n) is 3.86. The molecule has 5 nitrogen and oxygen atoms in total. The number of allylic oxidation sites excluding steroid dienone is 1. The van der Waals surface area contributed by atoms with E-state index < -0.39 is 0 Å². The van der Waals surface area contributed by atoms with Crippen LogP contribution in [-0.2, 0) is 0 Å². The van der Waals surface area contributed by atoms with Gasteiger partial charge in [-0.05, 0) is 50.0 Å². The number of hydrogen-bond donors (Lipinski definition) is 1. The average molecular weight is 354 g/mol. The molecule has 0 aliphatic rings. The van der Waals surface area contributed by atoms with E-state index in [4.69, 9.17) is 9.47 Å². The van der Waals surface area contributed by atoms with Crippen molar-refractivity contribution in [3.05, 3.63) is 59.7 Å². The standard InChI is InChI=1S/C21H26N2O3/c1-23(2)12-11-22-18-8-5-16(6-9-18)7-10-21(24)17-13-19(25-3)15-20(14-17)26-4/h5-10,13-15,22H,11-12H2,1-4H3/b10-7+. The summed E-state index contributed by atoms with van der Waals surface area (Å²) in [5.74, 6) is 1.08. The minimum Gasteiger partial charge on any atom is -0.497 e.